The normalized spacial score (nSPS) is 11.5. The fourth-order valence-corrected chi connectivity index (χ4v) is 1.44. The molecule has 0 amide bonds. The van der Waals surface area contributed by atoms with Crippen molar-refractivity contribution in [3.8, 4) is 5.75 Å². The van der Waals surface area contributed by atoms with Crippen LogP contribution in [0.3, 0.4) is 0 Å². The summed E-state index contributed by atoms with van der Waals surface area (Å²) in [5.74, 6) is 0.915. The van der Waals surface area contributed by atoms with Crippen molar-refractivity contribution in [1.29, 1.82) is 0 Å². The SMILES string of the molecule is COc1ccc(CNCCC(C)(C)C)cc1. The number of hydrogen-bond acceptors (Lipinski definition) is 2. The van der Waals surface area contributed by atoms with Crippen LogP contribution in [0.15, 0.2) is 24.3 Å². The second-order valence-corrected chi connectivity index (χ2v) is 5.34. The minimum absolute atomic E-state index is 0.410. The van der Waals surface area contributed by atoms with Crippen LogP contribution in [0.2, 0.25) is 0 Å². The molecule has 2 heteroatoms. The second-order valence-electron chi connectivity index (χ2n) is 5.34. The Labute approximate surface area is 99.0 Å². The zero-order chi connectivity index (χ0) is 12.0. The molecule has 0 saturated carbocycles. The molecule has 1 aromatic carbocycles. The third kappa shape index (κ3) is 5.17. The Hall–Kier alpha value is -1.02. The maximum Gasteiger partial charge on any atom is 0.118 e. The van der Waals surface area contributed by atoms with Crippen LogP contribution in [0.5, 0.6) is 5.75 Å². The number of ether oxygens (including phenoxy) is 1. The van der Waals surface area contributed by atoms with Crippen LogP contribution < -0.4 is 10.1 Å². The van der Waals surface area contributed by atoms with Crippen LogP contribution in [0.25, 0.3) is 0 Å². The topological polar surface area (TPSA) is 21.3 Å². The third-order valence-electron chi connectivity index (χ3n) is 2.54. The van der Waals surface area contributed by atoms with Gasteiger partial charge in [0.2, 0.25) is 0 Å². The highest BCUT2D eigenvalue weighted by atomic mass is 16.5. The fraction of sp³-hybridized carbons (Fsp3) is 0.571. The molecule has 0 heterocycles. The predicted molar refractivity (Wildman–Crippen MR) is 68.8 cm³/mol. The molecule has 1 rings (SSSR count). The lowest BCUT2D eigenvalue weighted by molar-refractivity contribution is 0.366. The number of rotatable bonds is 5. The minimum Gasteiger partial charge on any atom is -0.497 e. The molecule has 0 aliphatic heterocycles. The Bertz CT molecular complexity index is 298. The van der Waals surface area contributed by atoms with Gasteiger partial charge in [0.15, 0.2) is 0 Å². The summed E-state index contributed by atoms with van der Waals surface area (Å²) in [5.41, 5.74) is 1.71. The number of benzene rings is 1. The van der Waals surface area contributed by atoms with Gasteiger partial charge in [-0.25, -0.2) is 0 Å². The van der Waals surface area contributed by atoms with Crippen LogP contribution in [0, 0.1) is 5.41 Å². The van der Waals surface area contributed by atoms with Gasteiger partial charge in [-0.2, -0.15) is 0 Å². The molecule has 0 bridgehead atoms. The predicted octanol–water partition coefficient (Wildman–Crippen LogP) is 3.22. The minimum atomic E-state index is 0.410. The van der Waals surface area contributed by atoms with E-state index in [4.69, 9.17) is 4.74 Å². The molecular formula is C14H23NO. The zero-order valence-electron chi connectivity index (χ0n) is 10.8. The van der Waals surface area contributed by atoms with E-state index in [0.29, 0.717) is 5.41 Å². The van der Waals surface area contributed by atoms with E-state index in [-0.39, 0.29) is 0 Å². The molecule has 0 unspecified atom stereocenters. The summed E-state index contributed by atoms with van der Waals surface area (Å²) < 4.78 is 5.12. The summed E-state index contributed by atoms with van der Waals surface area (Å²) in [6, 6.07) is 8.20. The van der Waals surface area contributed by atoms with Gasteiger partial charge in [0.1, 0.15) is 5.75 Å². The Morgan fingerprint density at radius 1 is 1.12 bits per heavy atom. The van der Waals surface area contributed by atoms with Crippen molar-refractivity contribution < 1.29 is 4.74 Å². The lowest BCUT2D eigenvalue weighted by atomic mass is 9.92. The van der Waals surface area contributed by atoms with E-state index >= 15 is 0 Å². The van der Waals surface area contributed by atoms with Crippen molar-refractivity contribution in [2.24, 2.45) is 5.41 Å². The summed E-state index contributed by atoms with van der Waals surface area (Å²) in [4.78, 5) is 0. The molecule has 16 heavy (non-hydrogen) atoms. The van der Waals surface area contributed by atoms with Crippen molar-refractivity contribution in [3.05, 3.63) is 29.8 Å². The molecule has 0 atom stereocenters. The van der Waals surface area contributed by atoms with E-state index in [9.17, 15) is 0 Å². The summed E-state index contributed by atoms with van der Waals surface area (Å²) in [7, 11) is 1.69. The highest BCUT2D eigenvalue weighted by molar-refractivity contribution is 5.26. The summed E-state index contributed by atoms with van der Waals surface area (Å²) in [6.45, 7) is 8.79. The highest BCUT2D eigenvalue weighted by Gasteiger charge is 2.08. The summed E-state index contributed by atoms with van der Waals surface area (Å²) in [5, 5.41) is 3.45. The molecular weight excluding hydrogens is 198 g/mol. The largest absolute Gasteiger partial charge is 0.497 e. The van der Waals surface area contributed by atoms with E-state index in [1.54, 1.807) is 7.11 Å². The van der Waals surface area contributed by atoms with Crippen LogP contribution in [0.4, 0.5) is 0 Å². The van der Waals surface area contributed by atoms with Gasteiger partial charge in [-0.1, -0.05) is 32.9 Å². The average molecular weight is 221 g/mol. The quantitative estimate of drug-likeness (QED) is 0.771. The zero-order valence-corrected chi connectivity index (χ0v) is 10.8. The average Bonchev–Trinajstić information content (AvgIpc) is 2.24. The third-order valence-corrected chi connectivity index (χ3v) is 2.54. The molecule has 0 aromatic heterocycles. The molecule has 2 nitrogen and oxygen atoms in total. The van der Waals surface area contributed by atoms with Gasteiger partial charge < -0.3 is 10.1 Å². The first-order valence-corrected chi connectivity index (χ1v) is 5.85. The van der Waals surface area contributed by atoms with Crippen molar-refractivity contribution in [1.82, 2.24) is 5.32 Å². The first kappa shape index (κ1) is 13.0. The van der Waals surface area contributed by atoms with Crippen molar-refractivity contribution in [2.75, 3.05) is 13.7 Å². The van der Waals surface area contributed by atoms with Crippen LogP contribution in [0.1, 0.15) is 32.8 Å². The monoisotopic (exact) mass is 221 g/mol. The maximum atomic E-state index is 5.12. The molecule has 1 N–H and O–H groups in total. The Kier molecular flexibility index (Phi) is 4.81. The Balaban J connectivity index is 2.27. The molecule has 0 radical (unpaired) electrons. The van der Waals surface area contributed by atoms with Gasteiger partial charge in [-0.3, -0.25) is 0 Å². The molecule has 0 fully saturated rings. The van der Waals surface area contributed by atoms with Crippen LogP contribution in [-0.2, 0) is 6.54 Å². The number of nitrogens with one attached hydrogen (secondary N) is 1. The van der Waals surface area contributed by atoms with Gasteiger partial charge in [-0.15, -0.1) is 0 Å². The highest BCUT2D eigenvalue weighted by Crippen LogP contribution is 2.17. The summed E-state index contributed by atoms with van der Waals surface area (Å²) in [6.07, 6.45) is 1.20. The van der Waals surface area contributed by atoms with E-state index in [0.717, 1.165) is 18.8 Å². The van der Waals surface area contributed by atoms with E-state index in [1.807, 2.05) is 12.1 Å². The standard InChI is InChI=1S/C14H23NO/c1-14(2,3)9-10-15-11-12-5-7-13(16-4)8-6-12/h5-8,15H,9-11H2,1-4H3. The molecule has 0 saturated heterocycles. The van der Waals surface area contributed by atoms with Gasteiger partial charge in [0, 0.05) is 6.54 Å². The Morgan fingerprint density at radius 3 is 2.25 bits per heavy atom. The van der Waals surface area contributed by atoms with Crippen molar-refractivity contribution in [3.63, 3.8) is 0 Å². The number of methoxy groups -OCH3 is 1. The lowest BCUT2D eigenvalue weighted by Gasteiger charge is -2.18. The molecule has 0 aliphatic carbocycles. The smallest absolute Gasteiger partial charge is 0.118 e. The lowest BCUT2D eigenvalue weighted by Crippen LogP contribution is -2.20. The molecule has 1 aromatic rings. The van der Waals surface area contributed by atoms with Gasteiger partial charge in [0.25, 0.3) is 0 Å². The van der Waals surface area contributed by atoms with Crippen LogP contribution >= 0.6 is 0 Å². The van der Waals surface area contributed by atoms with E-state index in [1.165, 1.54) is 12.0 Å². The maximum absolute atomic E-state index is 5.12. The molecule has 90 valence electrons. The molecule has 0 spiro atoms. The van der Waals surface area contributed by atoms with Gasteiger partial charge >= 0.3 is 0 Å². The second kappa shape index (κ2) is 5.90. The van der Waals surface area contributed by atoms with Crippen LogP contribution in [-0.4, -0.2) is 13.7 Å². The van der Waals surface area contributed by atoms with Gasteiger partial charge in [0.05, 0.1) is 7.11 Å². The van der Waals surface area contributed by atoms with Gasteiger partial charge in [-0.05, 0) is 36.1 Å². The molecule has 0 aliphatic rings. The van der Waals surface area contributed by atoms with Crippen molar-refractivity contribution >= 4 is 0 Å². The Morgan fingerprint density at radius 2 is 1.75 bits per heavy atom. The van der Waals surface area contributed by atoms with Crippen molar-refractivity contribution in [2.45, 2.75) is 33.7 Å². The first-order chi connectivity index (χ1) is 7.51. The fourth-order valence-electron chi connectivity index (χ4n) is 1.44. The first-order valence-electron chi connectivity index (χ1n) is 5.85. The summed E-state index contributed by atoms with van der Waals surface area (Å²) >= 11 is 0. The number of hydrogen-bond donors (Lipinski definition) is 1. The van der Waals surface area contributed by atoms with E-state index < -0.39 is 0 Å². The van der Waals surface area contributed by atoms with E-state index in [2.05, 4.69) is 38.2 Å².